The van der Waals surface area contributed by atoms with Crippen LogP contribution < -0.4 is 0 Å². The zero-order valence-corrected chi connectivity index (χ0v) is 12.4. The van der Waals surface area contributed by atoms with Gasteiger partial charge in [-0.1, -0.05) is 11.8 Å². The molecule has 0 radical (unpaired) electrons. The molecule has 1 saturated carbocycles. The molecule has 1 aromatic rings. The van der Waals surface area contributed by atoms with E-state index in [1.165, 1.54) is 7.11 Å². The molecular weight excluding hydrogens is 280 g/mol. The average Bonchev–Trinajstić information content (AvgIpc) is 3.20. The highest BCUT2D eigenvalue weighted by atomic mass is 32.2. The molecule has 1 aromatic heterocycles. The molecule has 1 unspecified atom stereocenters. The third kappa shape index (κ3) is 3.09. The van der Waals surface area contributed by atoms with Crippen LogP contribution in [0.1, 0.15) is 47.6 Å². The van der Waals surface area contributed by atoms with E-state index in [0.717, 1.165) is 24.6 Å². The number of carbonyl (C=O) groups excluding carboxylic acids is 1. The minimum atomic E-state index is -1.08. The lowest BCUT2D eigenvalue weighted by Crippen LogP contribution is -2.17. The smallest absolute Gasteiger partial charge is 0.340 e. The maximum atomic E-state index is 11.5. The molecule has 0 bridgehead atoms. The van der Waals surface area contributed by atoms with E-state index in [0.29, 0.717) is 22.5 Å². The van der Waals surface area contributed by atoms with Gasteiger partial charge in [0, 0.05) is 5.92 Å². The molecule has 0 saturated heterocycles. The van der Waals surface area contributed by atoms with Crippen molar-refractivity contribution in [2.24, 2.45) is 0 Å². The van der Waals surface area contributed by atoms with Gasteiger partial charge in [0.05, 0.1) is 12.8 Å². The highest BCUT2D eigenvalue weighted by Gasteiger charge is 2.30. The first kappa shape index (κ1) is 14.8. The minimum absolute atomic E-state index is 0.0650. The van der Waals surface area contributed by atoms with Crippen LogP contribution >= 0.6 is 11.8 Å². The molecule has 1 heterocycles. The van der Waals surface area contributed by atoms with E-state index in [-0.39, 0.29) is 5.56 Å². The van der Waals surface area contributed by atoms with Crippen molar-refractivity contribution in [1.82, 2.24) is 9.97 Å². The number of methoxy groups -OCH3 is 1. The summed E-state index contributed by atoms with van der Waals surface area (Å²) in [7, 11) is 1.30. The number of nitrogens with zero attached hydrogens (tertiary/aromatic N) is 2. The average molecular weight is 296 g/mol. The maximum Gasteiger partial charge on any atom is 0.340 e. The van der Waals surface area contributed by atoms with Crippen LogP contribution in [-0.4, -0.2) is 39.4 Å². The van der Waals surface area contributed by atoms with E-state index in [4.69, 9.17) is 0 Å². The summed E-state index contributed by atoms with van der Waals surface area (Å²) < 4.78 is 4.65. The Morgan fingerprint density at radius 1 is 1.40 bits per heavy atom. The summed E-state index contributed by atoms with van der Waals surface area (Å²) in [6.07, 6.45) is 2.06. The van der Waals surface area contributed by atoms with Crippen molar-refractivity contribution in [3.63, 3.8) is 0 Å². The predicted molar refractivity (Wildman–Crippen MR) is 73.0 cm³/mol. The van der Waals surface area contributed by atoms with Gasteiger partial charge in [-0.05, 0) is 26.7 Å². The quantitative estimate of drug-likeness (QED) is 0.505. The van der Waals surface area contributed by atoms with E-state index in [2.05, 4.69) is 14.7 Å². The van der Waals surface area contributed by atoms with Gasteiger partial charge in [0.1, 0.15) is 21.7 Å². The number of hydrogen-bond donors (Lipinski definition) is 1. The molecule has 0 amide bonds. The van der Waals surface area contributed by atoms with Crippen molar-refractivity contribution < 1.29 is 19.4 Å². The Morgan fingerprint density at radius 2 is 2.05 bits per heavy atom. The second kappa shape index (κ2) is 5.78. The summed E-state index contributed by atoms with van der Waals surface area (Å²) >= 11 is 1.10. The molecule has 1 atom stereocenters. The first-order valence-corrected chi connectivity index (χ1v) is 7.18. The van der Waals surface area contributed by atoms with Crippen molar-refractivity contribution in [2.75, 3.05) is 7.11 Å². The molecule has 0 aromatic carbocycles. The van der Waals surface area contributed by atoms with E-state index in [1.54, 1.807) is 13.8 Å². The molecule has 0 aliphatic heterocycles. The lowest BCUT2D eigenvalue weighted by Gasteiger charge is -2.12. The van der Waals surface area contributed by atoms with Crippen LogP contribution in [0.5, 0.6) is 0 Å². The molecular formula is C13H16N2O4S. The van der Waals surface area contributed by atoms with Crippen molar-refractivity contribution in [3.05, 3.63) is 17.1 Å². The van der Waals surface area contributed by atoms with Gasteiger partial charge in [0.15, 0.2) is 0 Å². The molecule has 20 heavy (non-hydrogen) atoms. The maximum absolute atomic E-state index is 11.5. The minimum Gasteiger partial charge on any atom is -0.478 e. The third-order valence-corrected chi connectivity index (χ3v) is 4.12. The van der Waals surface area contributed by atoms with Gasteiger partial charge in [-0.3, -0.25) is 4.79 Å². The van der Waals surface area contributed by atoms with Gasteiger partial charge in [-0.15, -0.1) is 0 Å². The Hall–Kier alpha value is -1.63. The number of carbonyl (C=O) groups is 2. The Labute approximate surface area is 121 Å². The number of aromatic nitrogens is 2. The Bertz CT molecular complexity index is 558. The SMILES string of the molecule is COC(=O)C(C)Sc1nc(C2CC2)nc(C)c1C(=O)O. The van der Waals surface area contributed by atoms with Gasteiger partial charge < -0.3 is 9.84 Å². The first-order chi connectivity index (χ1) is 9.43. The van der Waals surface area contributed by atoms with Crippen LogP contribution in [0, 0.1) is 6.92 Å². The van der Waals surface area contributed by atoms with Crippen LogP contribution in [0.4, 0.5) is 0 Å². The van der Waals surface area contributed by atoms with Crippen molar-refractivity contribution >= 4 is 23.7 Å². The lowest BCUT2D eigenvalue weighted by atomic mass is 10.2. The number of ether oxygens (including phenoxy) is 1. The zero-order valence-electron chi connectivity index (χ0n) is 11.5. The van der Waals surface area contributed by atoms with Gasteiger partial charge in [0.25, 0.3) is 0 Å². The lowest BCUT2D eigenvalue weighted by molar-refractivity contribution is -0.139. The molecule has 1 fully saturated rings. The van der Waals surface area contributed by atoms with E-state index < -0.39 is 17.2 Å². The Morgan fingerprint density at radius 3 is 2.55 bits per heavy atom. The van der Waals surface area contributed by atoms with E-state index >= 15 is 0 Å². The zero-order chi connectivity index (χ0) is 14.9. The van der Waals surface area contributed by atoms with Crippen molar-refractivity contribution in [1.29, 1.82) is 0 Å². The summed E-state index contributed by atoms with van der Waals surface area (Å²) in [5, 5.41) is 9.11. The summed E-state index contributed by atoms with van der Waals surface area (Å²) in [4.78, 5) is 31.4. The van der Waals surface area contributed by atoms with Crippen LogP contribution in [0.15, 0.2) is 5.03 Å². The third-order valence-electron chi connectivity index (χ3n) is 3.05. The molecule has 0 spiro atoms. The standard InChI is InChI=1S/C13H16N2O4S/c1-6-9(12(16)17)11(20-7(2)13(18)19-3)15-10(14-6)8-4-5-8/h7-8H,4-5H2,1-3H3,(H,16,17). The number of carboxylic acid groups (broad SMARTS) is 1. The predicted octanol–water partition coefficient (Wildman–Crippen LogP) is 2.01. The van der Waals surface area contributed by atoms with Crippen molar-refractivity contribution in [2.45, 2.75) is 42.9 Å². The van der Waals surface area contributed by atoms with Crippen molar-refractivity contribution in [3.8, 4) is 0 Å². The van der Waals surface area contributed by atoms with Gasteiger partial charge in [-0.2, -0.15) is 0 Å². The highest BCUT2D eigenvalue weighted by molar-refractivity contribution is 8.00. The number of carboxylic acids is 1. The summed E-state index contributed by atoms with van der Waals surface area (Å²) in [6.45, 7) is 3.32. The number of esters is 1. The molecule has 1 N–H and O–H groups in total. The largest absolute Gasteiger partial charge is 0.478 e. The van der Waals surface area contributed by atoms with E-state index in [9.17, 15) is 14.7 Å². The summed E-state index contributed by atoms with van der Waals surface area (Å²) in [5.74, 6) is -0.489. The topological polar surface area (TPSA) is 89.4 Å². The number of aromatic carboxylic acids is 1. The molecule has 108 valence electrons. The normalized spacial score (nSPS) is 15.8. The Kier molecular flexibility index (Phi) is 4.27. The Balaban J connectivity index is 2.37. The molecule has 7 heteroatoms. The molecule has 1 aliphatic rings. The summed E-state index contributed by atoms with van der Waals surface area (Å²) in [6, 6.07) is 0. The second-order valence-electron chi connectivity index (χ2n) is 4.71. The van der Waals surface area contributed by atoms with Crippen LogP contribution in [0.25, 0.3) is 0 Å². The first-order valence-electron chi connectivity index (χ1n) is 6.30. The number of thioether (sulfide) groups is 1. The fourth-order valence-corrected chi connectivity index (χ4v) is 2.83. The van der Waals surface area contributed by atoms with Gasteiger partial charge >= 0.3 is 11.9 Å². The fraction of sp³-hybridized carbons (Fsp3) is 0.538. The van der Waals surface area contributed by atoms with Gasteiger partial charge in [-0.25, -0.2) is 14.8 Å². The van der Waals surface area contributed by atoms with Crippen LogP contribution in [0.3, 0.4) is 0 Å². The molecule has 2 rings (SSSR count). The van der Waals surface area contributed by atoms with Crippen LogP contribution in [-0.2, 0) is 9.53 Å². The highest BCUT2D eigenvalue weighted by Crippen LogP contribution is 2.39. The van der Waals surface area contributed by atoms with Crippen LogP contribution in [0.2, 0.25) is 0 Å². The molecule has 6 nitrogen and oxygen atoms in total. The number of hydrogen-bond acceptors (Lipinski definition) is 6. The second-order valence-corrected chi connectivity index (χ2v) is 6.04. The fourth-order valence-electron chi connectivity index (χ4n) is 1.80. The monoisotopic (exact) mass is 296 g/mol. The van der Waals surface area contributed by atoms with Gasteiger partial charge in [0.2, 0.25) is 0 Å². The number of rotatable bonds is 5. The van der Waals surface area contributed by atoms with E-state index in [1.807, 2.05) is 0 Å². The number of aryl methyl sites for hydroxylation is 1. The molecule has 1 aliphatic carbocycles. The summed E-state index contributed by atoms with van der Waals surface area (Å²) in [5.41, 5.74) is 0.504.